The van der Waals surface area contributed by atoms with Gasteiger partial charge in [0.15, 0.2) is 6.04 Å². The Labute approximate surface area is 197 Å². The van der Waals surface area contributed by atoms with Crippen LogP contribution in [-0.2, 0) is 4.79 Å². The second-order valence-electron chi connectivity index (χ2n) is 7.34. The molecular formula is C24H18N6O5. The summed E-state index contributed by atoms with van der Waals surface area (Å²) in [5.74, 6) is -1.27. The van der Waals surface area contributed by atoms with Crippen molar-refractivity contribution in [2.45, 2.75) is 6.04 Å². The lowest BCUT2D eigenvalue weighted by molar-refractivity contribution is -0.384. The van der Waals surface area contributed by atoms with Gasteiger partial charge in [-0.05, 0) is 18.2 Å². The summed E-state index contributed by atoms with van der Waals surface area (Å²) in [4.78, 5) is 48.6. The van der Waals surface area contributed by atoms with Crippen LogP contribution in [0.5, 0.6) is 0 Å². The van der Waals surface area contributed by atoms with Crippen LogP contribution in [0.2, 0.25) is 0 Å². The molecule has 11 nitrogen and oxygen atoms in total. The number of aromatic amines is 1. The largest absolute Gasteiger partial charge is 0.335 e. The minimum atomic E-state index is -1.31. The maximum Gasteiger partial charge on any atom is 0.272 e. The molecule has 35 heavy (non-hydrogen) atoms. The fourth-order valence-electron chi connectivity index (χ4n) is 3.37. The van der Waals surface area contributed by atoms with Gasteiger partial charge in [0.2, 0.25) is 0 Å². The Morgan fingerprint density at radius 3 is 2.46 bits per heavy atom. The van der Waals surface area contributed by atoms with Crippen molar-refractivity contribution >= 4 is 34.5 Å². The van der Waals surface area contributed by atoms with E-state index < -0.39 is 28.3 Å². The van der Waals surface area contributed by atoms with Crippen LogP contribution in [0, 0.1) is 10.1 Å². The highest BCUT2D eigenvalue weighted by Gasteiger charge is 2.27. The molecule has 11 heteroatoms. The smallest absolute Gasteiger partial charge is 0.272 e. The highest BCUT2D eigenvalue weighted by Crippen LogP contribution is 2.20. The Kier molecular flexibility index (Phi) is 6.68. The van der Waals surface area contributed by atoms with Crippen LogP contribution in [0.4, 0.5) is 5.69 Å². The lowest BCUT2D eigenvalue weighted by Crippen LogP contribution is -2.40. The number of nitrogens with zero attached hydrogens (tertiary/aromatic N) is 3. The number of H-pyrrole nitrogens is 1. The van der Waals surface area contributed by atoms with Gasteiger partial charge in [-0.25, -0.2) is 10.5 Å². The van der Waals surface area contributed by atoms with Gasteiger partial charge in [-0.1, -0.05) is 48.5 Å². The number of non-ortho nitro benzene ring substituents is 1. The minimum absolute atomic E-state index is 0.118. The Bertz CT molecular complexity index is 1500. The third kappa shape index (κ3) is 5.25. The number of fused-ring (bicyclic) bond motifs is 1. The standard InChI is InChI=1S/C24H18N6O5/c31-22(16-8-2-1-3-9-16)26-21(20-18-11-4-5-12-19(18)23(32)29-27-20)24(33)28-25-14-15-7-6-10-17(13-15)30(34)35/h1-14,21H,(H,26,31)(H,28,33)(H,29,32)/b25-14-/t21-/m1/s1. The molecule has 4 rings (SSSR count). The zero-order valence-corrected chi connectivity index (χ0v) is 18.0. The van der Waals surface area contributed by atoms with Gasteiger partial charge in [0, 0.05) is 28.6 Å². The summed E-state index contributed by atoms with van der Waals surface area (Å²) in [7, 11) is 0. The van der Waals surface area contributed by atoms with Crippen LogP contribution in [-0.4, -0.2) is 33.1 Å². The van der Waals surface area contributed by atoms with Crippen LogP contribution in [0.3, 0.4) is 0 Å². The summed E-state index contributed by atoms with van der Waals surface area (Å²) in [6, 6.07) is 19.2. The molecule has 174 valence electrons. The third-order valence-corrected chi connectivity index (χ3v) is 5.04. The number of nitro groups is 1. The number of carbonyl (C=O) groups is 2. The number of hydrogen-bond acceptors (Lipinski definition) is 7. The van der Waals surface area contributed by atoms with Crippen molar-refractivity contribution in [2.75, 3.05) is 0 Å². The molecule has 0 aliphatic carbocycles. The highest BCUT2D eigenvalue weighted by molar-refractivity contribution is 5.99. The molecule has 0 bridgehead atoms. The Hall–Kier alpha value is -5.19. The van der Waals surface area contributed by atoms with Crippen LogP contribution >= 0.6 is 0 Å². The van der Waals surface area contributed by atoms with Gasteiger partial charge in [0.1, 0.15) is 5.69 Å². The quantitative estimate of drug-likeness (QED) is 0.214. The second-order valence-corrected chi connectivity index (χ2v) is 7.34. The molecule has 0 saturated carbocycles. The first-order valence-corrected chi connectivity index (χ1v) is 10.3. The van der Waals surface area contributed by atoms with Crippen molar-refractivity contribution in [3.8, 4) is 0 Å². The van der Waals surface area contributed by atoms with Gasteiger partial charge in [0.25, 0.3) is 23.1 Å². The summed E-state index contributed by atoms with van der Waals surface area (Å²) in [5.41, 5.74) is 2.58. The van der Waals surface area contributed by atoms with Crippen molar-refractivity contribution < 1.29 is 14.5 Å². The summed E-state index contributed by atoms with van der Waals surface area (Å²) < 4.78 is 0. The third-order valence-electron chi connectivity index (χ3n) is 5.04. The number of nitrogens with one attached hydrogen (secondary N) is 3. The predicted molar refractivity (Wildman–Crippen MR) is 128 cm³/mol. The van der Waals surface area contributed by atoms with E-state index in [0.29, 0.717) is 21.9 Å². The fourth-order valence-corrected chi connectivity index (χ4v) is 3.37. The number of aromatic nitrogens is 2. The number of rotatable bonds is 7. The Morgan fingerprint density at radius 1 is 1.00 bits per heavy atom. The second kappa shape index (κ2) is 10.2. The van der Waals surface area contributed by atoms with Gasteiger partial charge < -0.3 is 5.32 Å². The number of hydrogen-bond donors (Lipinski definition) is 3. The monoisotopic (exact) mass is 470 g/mol. The summed E-state index contributed by atoms with van der Waals surface area (Å²) >= 11 is 0. The van der Waals surface area contributed by atoms with E-state index in [9.17, 15) is 24.5 Å². The van der Waals surface area contributed by atoms with Crippen LogP contribution < -0.4 is 16.3 Å². The van der Waals surface area contributed by atoms with Crippen molar-refractivity contribution in [3.05, 3.63) is 116 Å². The number of benzene rings is 3. The zero-order valence-electron chi connectivity index (χ0n) is 18.0. The molecule has 0 unspecified atom stereocenters. The summed E-state index contributed by atoms with van der Waals surface area (Å²) in [6.45, 7) is 0. The molecule has 0 aliphatic heterocycles. The Balaban J connectivity index is 1.65. The normalized spacial score (nSPS) is 11.8. The van der Waals surface area contributed by atoms with Crippen molar-refractivity contribution in [1.82, 2.24) is 20.9 Å². The van der Waals surface area contributed by atoms with E-state index in [2.05, 4.69) is 26.0 Å². The van der Waals surface area contributed by atoms with Gasteiger partial charge in [0.05, 0.1) is 16.5 Å². The van der Waals surface area contributed by atoms with Gasteiger partial charge in [-0.3, -0.25) is 24.5 Å². The maximum atomic E-state index is 13.1. The molecule has 0 fully saturated rings. The molecule has 1 aromatic heterocycles. The number of amides is 2. The topological polar surface area (TPSA) is 159 Å². The van der Waals surface area contributed by atoms with E-state index in [-0.39, 0.29) is 11.4 Å². The van der Waals surface area contributed by atoms with Gasteiger partial charge >= 0.3 is 0 Å². The first-order valence-electron chi connectivity index (χ1n) is 10.3. The molecule has 0 radical (unpaired) electrons. The molecule has 0 aliphatic rings. The Morgan fingerprint density at radius 2 is 1.71 bits per heavy atom. The van der Waals surface area contributed by atoms with Crippen LogP contribution in [0.1, 0.15) is 27.7 Å². The van der Waals surface area contributed by atoms with E-state index >= 15 is 0 Å². The van der Waals surface area contributed by atoms with E-state index in [4.69, 9.17) is 0 Å². The summed E-state index contributed by atoms with van der Waals surface area (Å²) in [5, 5.41) is 24.5. The molecule has 3 aromatic carbocycles. The minimum Gasteiger partial charge on any atom is -0.335 e. The molecule has 2 amide bonds. The highest BCUT2D eigenvalue weighted by atomic mass is 16.6. The molecule has 1 atom stereocenters. The predicted octanol–water partition coefficient (Wildman–Crippen LogP) is 2.45. The van der Waals surface area contributed by atoms with E-state index in [1.54, 1.807) is 60.7 Å². The van der Waals surface area contributed by atoms with E-state index in [1.165, 1.54) is 24.4 Å². The molecule has 0 saturated heterocycles. The van der Waals surface area contributed by atoms with Crippen molar-refractivity contribution in [1.29, 1.82) is 0 Å². The van der Waals surface area contributed by atoms with Gasteiger partial charge in [-0.2, -0.15) is 10.2 Å². The number of nitro benzene ring substituents is 1. The number of carbonyl (C=O) groups excluding carboxylic acids is 2. The first kappa shape index (κ1) is 23.0. The average Bonchev–Trinajstić information content (AvgIpc) is 2.88. The molecule has 0 spiro atoms. The molecule has 3 N–H and O–H groups in total. The van der Waals surface area contributed by atoms with Gasteiger partial charge in [-0.15, -0.1) is 0 Å². The fraction of sp³-hybridized carbons (Fsp3) is 0.0417. The van der Waals surface area contributed by atoms with Crippen LogP contribution in [0.15, 0.2) is 88.8 Å². The maximum absolute atomic E-state index is 13.1. The molecular weight excluding hydrogens is 452 g/mol. The molecule has 1 heterocycles. The van der Waals surface area contributed by atoms with Crippen molar-refractivity contribution in [2.24, 2.45) is 5.10 Å². The average molecular weight is 470 g/mol. The van der Waals surface area contributed by atoms with Crippen LogP contribution in [0.25, 0.3) is 10.8 Å². The summed E-state index contributed by atoms with van der Waals surface area (Å²) in [6.07, 6.45) is 1.24. The SMILES string of the molecule is O=C(N[C@@H](C(=O)N/N=C\c1cccc([N+](=O)[O-])c1)c1n[nH]c(=O)c2ccccc12)c1ccccc1. The zero-order chi connectivity index (χ0) is 24.8. The first-order chi connectivity index (χ1) is 16.9. The number of hydrazone groups is 1. The lowest BCUT2D eigenvalue weighted by Gasteiger charge is -2.18. The van der Waals surface area contributed by atoms with Crippen molar-refractivity contribution in [3.63, 3.8) is 0 Å². The van der Waals surface area contributed by atoms with E-state index in [1.807, 2.05) is 0 Å². The lowest BCUT2D eigenvalue weighted by atomic mass is 10.0. The molecule has 4 aromatic rings. The van der Waals surface area contributed by atoms with E-state index in [0.717, 1.165) is 0 Å².